The highest BCUT2D eigenvalue weighted by molar-refractivity contribution is 7.99. The molecule has 2 aromatic carbocycles. The van der Waals surface area contributed by atoms with Crippen molar-refractivity contribution in [1.29, 1.82) is 0 Å². The Kier molecular flexibility index (Phi) is 5.34. The van der Waals surface area contributed by atoms with Crippen molar-refractivity contribution in [3.05, 3.63) is 72.3 Å². The van der Waals surface area contributed by atoms with Crippen molar-refractivity contribution in [1.82, 2.24) is 19.8 Å². The van der Waals surface area contributed by atoms with Crippen LogP contribution in [0, 0.1) is 0 Å². The van der Waals surface area contributed by atoms with Gasteiger partial charge in [-0.05, 0) is 36.2 Å². The number of aryl methyl sites for hydroxylation is 1. The van der Waals surface area contributed by atoms with Crippen LogP contribution in [-0.4, -0.2) is 31.5 Å². The van der Waals surface area contributed by atoms with Crippen molar-refractivity contribution in [2.24, 2.45) is 0 Å². The third-order valence-electron chi connectivity index (χ3n) is 4.28. The third kappa shape index (κ3) is 4.04. The lowest BCUT2D eigenvalue weighted by Gasteiger charge is -2.05. The van der Waals surface area contributed by atoms with E-state index in [1.807, 2.05) is 42.5 Å². The summed E-state index contributed by atoms with van der Waals surface area (Å²) in [5, 5.41) is 16.4. The molecule has 0 unspecified atom stereocenters. The summed E-state index contributed by atoms with van der Waals surface area (Å²) in [6.45, 7) is 2.13. The van der Waals surface area contributed by atoms with Crippen molar-refractivity contribution in [3.63, 3.8) is 0 Å². The number of para-hydroxylation sites is 1. The van der Waals surface area contributed by atoms with E-state index in [0.29, 0.717) is 10.8 Å². The van der Waals surface area contributed by atoms with Crippen LogP contribution in [-0.2, 0) is 11.2 Å². The predicted octanol–water partition coefficient (Wildman–Crippen LogP) is 4.08. The van der Waals surface area contributed by atoms with E-state index in [4.69, 9.17) is 0 Å². The normalized spacial score (nSPS) is 10.9. The molecular formula is C21H19N5OS. The molecule has 0 saturated carbocycles. The van der Waals surface area contributed by atoms with Crippen molar-refractivity contribution in [2.45, 2.75) is 18.5 Å². The number of nitrogens with zero attached hydrogens (tertiary/aromatic N) is 4. The maximum absolute atomic E-state index is 12.2. The summed E-state index contributed by atoms with van der Waals surface area (Å²) >= 11 is 1.31. The van der Waals surface area contributed by atoms with E-state index in [2.05, 4.69) is 51.8 Å². The first-order valence-corrected chi connectivity index (χ1v) is 10.0. The lowest BCUT2D eigenvalue weighted by Crippen LogP contribution is -2.14. The number of hydrogen-bond donors (Lipinski definition) is 1. The highest BCUT2D eigenvalue weighted by Crippen LogP contribution is 2.21. The standard InChI is InChI=1S/C21H19N5OS/c1-2-15-8-10-16(11-9-15)18-12-13-19-23-24-21(26(19)25-18)28-14-20(27)22-17-6-4-3-5-7-17/h3-13H,2,14H2,1H3,(H,22,27). The van der Waals surface area contributed by atoms with Gasteiger partial charge in [-0.2, -0.15) is 9.61 Å². The number of fused-ring (bicyclic) bond motifs is 1. The van der Waals surface area contributed by atoms with E-state index in [9.17, 15) is 4.79 Å². The second-order valence-corrected chi connectivity index (χ2v) is 7.17. The molecule has 0 radical (unpaired) electrons. The van der Waals surface area contributed by atoms with Gasteiger partial charge >= 0.3 is 0 Å². The van der Waals surface area contributed by atoms with Crippen LogP contribution in [0.1, 0.15) is 12.5 Å². The Hall–Kier alpha value is -3.19. The SMILES string of the molecule is CCc1ccc(-c2ccc3nnc(SCC(=O)Nc4ccccc4)n3n2)cc1. The number of amides is 1. The second kappa shape index (κ2) is 8.22. The van der Waals surface area contributed by atoms with E-state index in [1.54, 1.807) is 4.52 Å². The molecular weight excluding hydrogens is 370 g/mol. The number of thioether (sulfide) groups is 1. The van der Waals surface area contributed by atoms with Crippen molar-refractivity contribution >= 4 is 29.0 Å². The van der Waals surface area contributed by atoms with Gasteiger partial charge in [0, 0.05) is 11.3 Å². The van der Waals surface area contributed by atoms with E-state index < -0.39 is 0 Å². The summed E-state index contributed by atoms with van der Waals surface area (Å²) in [5.74, 6) is 0.131. The molecule has 0 aliphatic rings. The highest BCUT2D eigenvalue weighted by atomic mass is 32.2. The average Bonchev–Trinajstić information content (AvgIpc) is 3.15. The van der Waals surface area contributed by atoms with Gasteiger partial charge in [-0.25, -0.2) is 0 Å². The third-order valence-corrected chi connectivity index (χ3v) is 5.20. The number of hydrogen-bond acceptors (Lipinski definition) is 5. The number of aromatic nitrogens is 4. The Morgan fingerprint density at radius 2 is 1.79 bits per heavy atom. The van der Waals surface area contributed by atoms with Gasteiger partial charge in [0.2, 0.25) is 11.1 Å². The maximum Gasteiger partial charge on any atom is 0.234 e. The monoisotopic (exact) mass is 389 g/mol. The first-order chi connectivity index (χ1) is 13.7. The molecule has 0 aliphatic heterocycles. The van der Waals surface area contributed by atoms with E-state index in [0.717, 1.165) is 23.4 Å². The zero-order chi connectivity index (χ0) is 19.3. The molecule has 0 aliphatic carbocycles. The van der Waals surface area contributed by atoms with E-state index in [-0.39, 0.29) is 11.7 Å². The van der Waals surface area contributed by atoms with Gasteiger partial charge in [0.1, 0.15) is 0 Å². The number of nitrogens with one attached hydrogen (secondary N) is 1. The van der Waals surface area contributed by atoms with Crippen molar-refractivity contribution in [3.8, 4) is 11.3 Å². The van der Waals surface area contributed by atoms with Crippen LogP contribution in [0.3, 0.4) is 0 Å². The molecule has 4 aromatic rings. The van der Waals surface area contributed by atoms with E-state index >= 15 is 0 Å². The minimum Gasteiger partial charge on any atom is -0.325 e. The quantitative estimate of drug-likeness (QED) is 0.503. The van der Waals surface area contributed by atoms with Crippen LogP contribution < -0.4 is 5.32 Å². The summed E-state index contributed by atoms with van der Waals surface area (Å²) in [6, 6.07) is 21.5. The van der Waals surface area contributed by atoms with Crippen LogP contribution in [0.15, 0.2) is 71.9 Å². The molecule has 0 spiro atoms. The molecule has 6 nitrogen and oxygen atoms in total. The zero-order valence-corrected chi connectivity index (χ0v) is 16.2. The van der Waals surface area contributed by atoms with Crippen molar-refractivity contribution in [2.75, 3.05) is 11.1 Å². The van der Waals surface area contributed by atoms with Crippen LogP contribution >= 0.6 is 11.8 Å². The molecule has 0 bridgehead atoms. The molecule has 2 heterocycles. The Morgan fingerprint density at radius 3 is 2.54 bits per heavy atom. The fourth-order valence-electron chi connectivity index (χ4n) is 2.77. The second-order valence-electron chi connectivity index (χ2n) is 6.22. The molecule has 140 valence electrons. The molecule has 0 atom stereocenters. The molecule has 0 fully saturated rings. The Morgan fingerprint density at radius 1 is 1.00 bits per heavy atom. The molecule has 2 aromatic heterocycles. The molecule has 0 saturated heterocycles. The first-order valence-electron chi connectivity index (χ1n) is 9.02. The lowest BCUT2D eigenvalue weighted by molar-refractivity contribution is -0.113. The summed E-state index contributed by atoms with van der Waals surface area (Å²) in [4.78, 5) is 12.2. The number of rotatable bonds is 6. The summed E-state index contributed by atoms with van der Waals surface area (Å²) in [6.07, 6.45) is 1.00. The predicted molar refractivity (Wildman–Crippen MR) is 111 cm³/mol. The van der Waals surface area contributed by atoms with Gasteiger partial charge in [-0.3, -0.25) is 4.79 Å². The molecule has 4 rings (SSSR count). The van der Waals surface area contributed by atoms with E-state index in [1.165, 1.54) is 17.3 Å². The summed E-state index contributed by atoms with van der Waals surface area (Å²) < 4.78 is 1.68. The number of carbonyl (C=O) groups excluding carboxylic acids is 1. The number of benzene rings is 2. The number of anilines is 1. The van der Waals surface area contributed by atoms with Crippen LogP contribution in [0.4, 0.5) is 5.69 Å². The Bertz CT molecular complexity index is 1090. The molecule has 1 N–H and O–H groups in total. The molecule has 28 heavy (non-hydrogen) atoms. The smallest absolute Gasteiger partial charge is 0.234 e. The van der Waals surface area contributed by atoms with Gasteiger partial charge in [0.05, 0.1) is 11.4 Å². The van der Waals surface area contributed by atoms with Crippen LogP contribution in [0.25, 0.3) is 16.9 Å². The summed E-state index contributed by atoms with van der Waals surface area (Å²) in [7, 11) is 0. The summed E-state index contributed by atoms with van der Waals surface area (Å²) in [5.41, 5.74) is 4.58. The lowest BCUT2D eigenvalue weighted by atomic mass is 10.1. The molecule has 7 heteroatoms. The zero-order valence-electron chi connectivity index (χ0n) is 15.4. The first kappa shape index (κ1) is 18.2. The maximum atomic E-state index is 12.2. The average molecular weight is 389 g/mol. The van der Waals surface area contributed by atoms with Crippen molar-refractivity contribution < 1.29 is 4.79 Å². The minimum atomic E-state index is -0.0979. The topological polar surface area (TPSA) is 72.2 Å². The molecule has 1 amide bonds. The Balaban J connectivity index is 1.50. The number of carbonyl (C=O) groups is 1. The van der Waals surface area contributed by atoms with Gasteiger partial charge in [0.25, 0.3) is 0 Å². The van der Waals surface area contributed by atoms with Gasteiger partial charge in [0.15, 0.2) is 5.65 Å². The largest absolute Gasteiger partial charge is 0.325 e. The Labute approximate surface area is 167 Å². The fraction of sp³-hybridized carbons (Fsp3) is 0.143. The highest BCUT2D eigenvalue weighted by Gasteiger charge is 2.12. The van der Waals surface area contributed by atoms with Gasteiger partial charge in [-0.1, -0.05) is 61.2 Å². The minimum absolute atomic E-state index is 0.0979. The van der Waals surface area contributed by atoms with Gasteiger partial charge < -0.3 is 5.32 Å². The van der Waals surface area contributed by atoms with Crippen LogP contribution in [0.2, 0.25) is 0 Å². The fourth-order valence-corrected chi connectivity index (χ4v) is 3.46. The van der Waals surface area contributed by atoms with Crippen LogP contribution in [0.5, 0.6) is 0 Å². The van der Waals surface area contributed by atoms with Gasteiger partial charge in [-0.15, -0.1) is 10.2 Å².